The Morgan fingerprint density at radius 2 is 2.20 bits per heavy atom. The summed E-state index contributed by atoms with van der Waals surface area (Å²) in [7, 11) is 0. The Morgan fingerprint density at radius 3 is 2.80 bits per heavy atom. The molecule has 2 rings (SSSR count). The van der Waals surface area contributed by atoms with Gasteiger partial charge in [-0.2, -0.15) is 5.10 Å². The van der Waals surface area contributed by atoms with E-state index < -0.39 is 0 Å². The monoisotopic (exact) mass is 220 g/mol. The van der Waals surface area contributed by atoms with Crippen LogP contribution in [0.15, 0.2) is 30.6 Å². The molecule has 0 atom stereocenters. The molecule has 2 aromatic rings. The molecule has 0 aliphatic carbocycles. The molecule has 78 valence electrons. The van der Waals surface area contributed by atoms with E-state index in [-0.39, 0.29) is 0 Å². The molecule has 0 spiro atoms. The van der Waals surface area contributed by atoms with Crippen LogP contribution in [0.4, 0.5) is 0 Å². The predicted octanol–water partition coefficient (Wildman–Crippen LogP) is 3.53. The quantitative estimate of drug-likeness (QED) is 0.757. The third kappa shape index (κ3) is 2.05. The molecule has 0 aliphatic rings. The van der Waals surface area contributed by atoms with E-state index in [9.17, 15) is 0 Å². The largest absolute Gasteiger partial charge is 0.272 e. The maximum absolute atomic E-state index is 5.92. The first-order chi connectivity index (χ1) is 7.20. The van der Waals surface area contributed by atoms with Gasteiger partial charge in [0.1, 0.15) is 0 Å². The Morgan fingerprint density at radius 1 is 1.40 bits per heavy atom. The van der Waals surface area contributed by atoms with Gasteiger partial charge in [-0.05, 0) is 37.1 Å². The fraction of sp³-hybridized carbons (Fsp3) is 0.250. The topological polar surface area (TPSA) is 17.8 Å². The van der Waals surface area contributed by atoms with E-state index in [4.69, 9.17) is 11.6 Å². The van der Waals surface area contributed by atoms with E-state index >= 15 is 0 Å². The van der Waals surface area contributed by atoms with E-state index in [1.807, 2.05) is 29.1 Å². The van der Waals surface area contributed by atoms with Crippen molar-refractivity contribution >= 4 is 11.6 Å². The number of aryl methyl sites for hydroxylation is 2. The zero-order chi connectivity index (χ0) is 10.8. The molecule has 1 heterocycles. The Bertz CT molecular complexity index is 474. The van der Waals surface area contributed by atoms with E-state index in [1.165, 1.54) is 11.1 Å². The lowest BCUT2D eigenvalue weighted by atomic mass is 10.0. The lowest BCUT2D eigenvalue weighted by Gasteiger charge is -2.02. The minimum absolute atomic E-state index is 0.777. The average molecular weight is 221 g/mol. The second-order valence-electron chi connectivity index (χ2n) is 3.54. The Balaban J connectivity index is 2.44. The van der Waals surface area contributed by atoms with Crippen LogP contribution in [0.3, 0.4) is 0 Å². The van der Waals surface area contributed by atoms with E-state index in [2.05, 4.69) is 25.1 Å². The fourth-order valence-corrected chi connectivity index (χ4v) is 1.85. The molecule has 0 fully saturated rings. The Kier molecular flexibility index (Phi) is 2.78. The Hall–Kier alpha value is -1.28. The molecule has 0 N–H and O–H groups in total. The molecular formula is C12H13ClN2. The summed E-state index contributed by atoms with van der Waals surface area (Å²) in [5, 5.41) is 5.04. The van der Waals surface area contributed by atoms with Gasteiger partial charge in [0.25, 0.3) is 0 Å². The molecule has 0 aliphatic heterocycles. The minimum Gasteiger partial charge on any atom is -0.272 e. The first-order valence-corrected chi connectivity index (χ1v) is 5.37. The number of hydrogen-bond donors (Lipinski definition) is 0. The lowest BCUT2D eigenvalue weighted by molar-refractivity contribution is 0.660. The van der Waals surface area contributed by atoms with Crippen LogP contribution in [0.25, 0.3) is 11.1 Å². The van der Waals surface area contributed by atoms with Gasteiger partial charge in [-0.25, -0.2) is 0 Å². The molecule has 0 radical (unpaired) electrons. The van der Waals surface area contributed by atoms with Crippen molar-refractivity contribution in [2.24, 2.45) is 0 Å². The Labute approximate surface area is 94.5 Å². The molecule has 0 amide bonds. The van der Waals surface area contributed by atoms with Crippen molar-refractivity contribution in [2.45, 2.75) is 20.4 Å². The van der Waals surface area contributed by atoms with Gasteiger partial charge in [-0.1, -0.05) is 17.7 Å². The minimum atomic E-state index is 0.777. The number of rotatable bonds is 2. The van der Waals surface area contributed by atoms with Crippen molar-refractivity contribution in [1.82, 2.24) is 9.78 Å². The van der Waals surface area contributed by atoms with E-state index in [0.717, 1.165) is 17.1 Å². The van der Waals surface area contributed by atoms with Crippen molar-refractivity contribution < 1.29 is 0 Å². The molecule has 0 saturated carbocycles. The SMILES string of the molecule is CCn1cc(-c2ccc(Cl)cc2C)cn1. The van der Waals surface area contributed by atoms with Crippen LogP contribution in [-0.2, 0) is 6.54 Å². The first-order valence-electron chi connectivity index (χ1n) is 4.99. The highest BCUT2D eigenvalue weighted by Gasteiger charge is 2.04. The molecule has 1 aromatic heterocycles. The summed E-state index contributed by atoms with van der Waals surface area (Å²) in [5.74, 6) is 0. The maximum atomic E-state index is 5.92. The van der Waals surface area contributed by atoms with Gasteiger partial charge in [-0.15, -0.1) is 0 Å². The molecule has 0 bridgehead atoms. The second kappa shape index (κ2) is 4.07. The average Bonchev–Trinajstić information content (AvgIpc) is 2.66. The van der Waals surface area contributed by atoms with Crippen LogP contribution in [0, 0.1) is 6.92 Å². The van der Waals surface area contributed by atoms with Gasteiger partial charge in [0, 0.05) is 23.3 Å². The molecular weight excluding hydrogens is 208 g/mol. The van der Waals surface area contributed by atoms with Gasteiger partial charge in [-0.3, -0.25) is 4.68 Å². The van der Waals surface area contributed by atoms with Crippen LogP contribution in [0.5, 0.6) is 0 Å². The second-order valence-corrected chi connectivity index (χ2v) is 3.98. The molecule has 15 heavy (non-hydrogen) atoms. The van der Waals surface area contributed by atoms with Crippen molar-refractivity contribution in [3.63, 3.8) is 0 Å². The summed E-state index contributed by atoms with van der Waals surface area (Å²) in [6.07, 6.45) is 3.94. The summed E-state index contributed by atoms with van der Waals surface area (Å²) in [5.41, 5.74) is 3.52. The summed E-state index contributed by atoms with van der Waals surface area (Å²) < 4.78 is 1.92. The fourth-order valence-electron chi connectivity index (χ4n) is 1.63. The van der Waals surface area contributed by atoms with Gasteiger partial charge in [0.05, 0.1) is 6.20 Å². The number of benzene rings is 1. The maximum Gasteiger partial charge on any atom is 0.0568 e. The van der Waals surface area contributed by atoms with Gasteiger partial charge in [0.2, 0.25) is 0 Å². The molecule has 0 unspecified atom stereocenters. The van der Waals surface area contributed by atoms with Gasteiger partial charge in [0.15, 0.2) is 0 Å². The smallest absolute Gasteiger partial charge is 0.0568 e. The highest BCUT2D eigenvalue weighted by atomic mass is 35.5. The number of aromatic nitrogens is 2. The molecule has 1 aromatic carbocycles. The van der Waals surface area contributed by atoms with Crippen molar-refractivity contribution in [2.75, 3.05) is 0 Å². The van der Waals surface area contributed by atoms with Crippen molar-refractivity contribution in [3.05, 3.63) is 41.2 Å². The van der Waals surface area contributed by atoms with Crippen molar-refractivity contribution in [1.29, 1.82) is 0 Å². The van der Waals surface area contributed by atoms with Gasteiger partial charge < -0.3 is 0 Å². The standard InChI is InChI=1S/C12H13ClN2/c1-3-15-8-10(7-14-15)12-5-4-11(13)6-9(12)2/h4-8H,3H2,1-2H3. The summed E-state index contributed by atoms with van der Waals surface area (Å²) in [4.78, 5) is 0. The predicted molar refractivity (Wildman–Crippen MR) is 63.1 cm³/mol. The van der Waals surface area contributed by atoms with E-state index in [0.29, 0.717) is 0 Å². The molecule has 3 heteroatoms. The normalized spacial score (nSPS) is 10.6. The van der Waals surface area contributed by atoms with Crippen LogP contribution in [0.2, 0.25) is 5.02 Å². The summed E-state index contributed by atoms with van der Waals surface area (Å²) in [6.45, 7) is 5.03. The number of hydrogen-bond acceptors (Lipinski definition) is 1. The zero-order valence-corrected chi connectivity index (χ0v) is 9.62. The third-order valence-electron chi connectivity index (χ3n) is 2.46. The lowest BCUT2D eigenvalue weighted by Crippen LogP contribution is -1.92. The first kappa shape index (κ1) is 10.2. The third-order valence-corrected chi connectivity index (χ3v) is 2.69. The highest BCUT2D eigenvalue weighted by Crippen LogP contribution is 2.25. The van der Waals surface area contributed by atoms with Gasteiger partial charge >= 0.3 is 0 Å². The van der Waals surface area contributed by atoms with Crippen LogP contribution < -0.4 is 0 Å². The van der Waals surface area contributed by atoms with E-state index in [1.54, 1.807) is 0 Å². The molecule has 2 nitrogen and oxygen atoms in total. The summed E-state index contributed by atoms with van der Waals surface area (Å²) in [6, 6.07) is 5.92. The highest BCUT2D eigenvalue weighted by molar-refractivity contribution is 6.30. The zero-order valence-electron chi connectivity index (χ0n) is 8.87. The molecule has 0 saturated heterocycles. The van der Waals surface area contributed by atoms with Crippen LogP contribution in [0.1, 0.15) is 12.5 Å². The van der Waals surface area contributed by atoms with Crippen LogP contribution in [-0.4, -0.2) is 9.78 Å². The van der Waals surface area contributed by atoms with Crippen LogP contribution >= 0.6 is 11.6 Å². The van der Waals surface area contributed by atoms with Crippen molar-refractivity contribution in [3.8, 4) is 11.1 Å². The number of halogens is 1. The summed E-state index contributed by atoms with van der Waals surface area (Å²) >= 11 is 5.92. The number of nitrogens with zero attached hydrogens (tertiary/aromatic N) is 2.